The normalized spacial score (nSPS) is 23.0. The molecule has 5 nitrogen and oxygen atoms in total. The topological polar surface area (TPSA) is 55.4 Å². The first-order valence-electron chi connectivity index (χ1n) is 9.62. The second-order valence-electron chi connectivity index (χ2n) is 7.77. The molecule has 2 aliphatic rings. The number of halogens is 1. The summed E-state index contributed by atoms with van der Waals surface area (Å²) in [4.78, 5) is 15.8. The first-order valence-corrected chi connectivity index (χ1v) is 9.62. The minimum atomic E-state index is -0.329. The van der Waals surface area contributed by atoms with Gasteiger partial charge in [0.25, 0.3) is 0 Å². The highest BCUT2D eigenvalue weighted by Crippen LogP contribution is 2.41. The van der Waals surface area contributed by atoms with Gasteiger partial charge in [-0.2, -0.15) is 0 Å². The molecular weight excluding hydrogens is 359 g/mol. The lowest BCUT2D eigenvalue weighted by molar-refractivity contribution is -1.01. The maximum Gasteiger partial charge on any atom is 0.232 e. The molecule has 3 N–H and O–H groups in total. The van der Waals surface area contributed by atoms with Crippen molar-refractivity contribution in [3.05, 3.63) is 64.2 Å². The molecule has 2 aromatic carbocycles. The van der Waals surface area contributed by atoms with Crippen LogP contribution in [0.5, 0.6) is 11.5 Å². The van der Waals surface area contributed by atoms with Gasteiger partial charge >= 0.3 is 0 Å². The SMILES string of the molecule is Cc1cc(O)c(C[NH+]2CC[NH+](C)CC2)c2c1C(=O)/C(=C/c1ccc(F)cc1)O2. The third-order valence-corrected chi connectivity index (χ3v) is 5.63. The number of fused-ring (bicyclic) bond motifs is 1. The lowest BCUT2D eigenvalue weighted by Gasteiger charge is -2.27. The Kier molecular flexibility index (Phi) is 4.91. The quantitative estimate of drug-likeness (QED) is 0.671. The Morgan fingerprint density at radius 1 is 1.18 bits per heavy atom. The average Bonchev–Trinajstić information content (AvgIpc) is 2.99. The van der Waals surface area contributed by atoms with Crippen LogP contribution in [-0.4, -0.2) is 44.1 Å². The highest BCUT2D eigenvalue weighted by atomic mass is 19.1. The maximum atomic E-state index is 13.1. The summed E-state index contributed by atoms with van der Waals surface area (Å²) in [6, 6.07) is 7.55. The number of Topliss-reactive ketones (excluding diaryl/α,β-unsaturated/α-hetero) is 1. The number of ketones is 1. The van der Waals surface area contributed by atoms with Gasteiger partial charge in [-0.3, -0.25) is 4.79 Å². The van der Waals surface area contributed by atoms with Crippen LogP contribution in [0.1, 0.15) is 27.0 Å². The second-order valence-corrected chi connectivity index (χ2v) is 7.77. The molecule has 2 heterocycles. The summed E-state index contributed by atoms with van der Waals surface area (Å²) < 4.78 is 19.1. The minimum Gasteiger partial charge on any atom is -0.507 e. The van der Waals surface area contributed by atoms with Gasteiger partial charge in [-0.15, -0.1) is 0 Å². The number of hydrogen-bond donors (Lipinski definition) is 3. The predicted octanol–water partition coefficient (Wildman–Crippen LogP) is 0.369. The molecule has 2 aliphatic heterocycles. The Hall–Kier alpha value is -2.70. The molecule has 0 unspecified atom stereocenters. The molecule has 0 radical (unpaired) electrons. The molecule has 1 fully saturated rings. The van der Waals surface area contributed by atoms with Crippen molar-refractivity contribution in [2.24, 2.45) is 0 Å². The van der Waals surface area contributed by atoms with Crippen LogP contribution < -0.4 is 14.5 Å². The van der Waals surface area contributed by atoms with Crippen molar-refractivity contribution < 1.29 is 28.8 Å². The first kappa shape index (κ1) is 18.7. The number of phenolic OH excluding ortho intramolecular Hbond substituents is 1. The van der Waals surface area contributed by atoms with Gasteiger partial charge < -0.3 is 19.6 Å². The summed E-state index contributed by atoms with van der Waals surface area (Å²) in [6.07, 6.45) is 1.62. The van der Waals surface area contributed by atoms with Crippen molar-refractivity contribution in [2.45, 2.75) is 13.5 Å². The van der Waals surface area contributed by atoms with E-state index < -0.39 is 0 Å². The van der Waals surface area contributed by atoms with Gasteiger partial charge in [-0.25, -0.2) is 4.39 Å². The Labute approximate surface area is 163 Å². The standard InChI is InChI=1S/C22H23FN2O3/c1-14-11-18(26)17(13-25-9-7-24(2)8-10-25)22-20(14)21(27)19(28-22)12-15-3-5-16(23)6-4-15/h3-6,11-12,26H,7-10,13H2,1-2H3/p+2/b19-12-. The van der Waals surface area contributed by atoms with E-state index in [1.54, 1.807) is 31.2 Å². The van der Waals surface area contributed by atoms with E-state index in [4.69, 9.17) is 4.74 Å². The van der Waals surface area contributed by atoms with E-state index in [2.05, 4.69) is 7.05 Å². The van der Waals surface area contributed by atoms with Crippen LogP contribution in [0, 0.1) is 12.7 Å². The van der Waals surface area contributed by atoms with E-state index in [1.807, 2.05) is 0 Å². The van der Waals surface area contributed by atoms with Crippen LogP contribution in [0.15, 0.2) is 36.1 Å². The summed E-state index contributed by atoms with van der Waals surface area (Å²) in [6.45, 7) is 6.62. The Bertz CT molecular complexity index is 945. The predicted molar refractivity (Wildman–Crippen MR) is 103 cm³/mol. The summed E-state index contributed by atoms with van der Waals surface area (Å²) in [5.41, 5.74) is 2.58. The molecule has 0 amide bonds. The smallest absolute Gasteiger partial charge is 0.232 e. The van der Waals surface area contributed by atoms with E-state index >= 15 is 0 Å². The molecule has 4 rings (SSSR count). The molecule has 0 atom stereocenters. The van der Waals surface area contributed by atoms with Crippen LogP contribution in [0.2, 0.25) is 0 Å². The fourth-order valence-electron chi connectivity index (χ4n) is 3.92. The third kappa shape index (κ3) is 3.53. The molecule has 28 heavy (non-hydrogen) atoms. The van der Waals surface area contributed by atoms with Gasteiger partial charge in [0.15, 0.2) is 11.5 Å². The number of aryl methyl sites for hydroxylation is 1. The number of rotatable bonds is 3. The Morgan fingerprint density at radius 3 is 2.54 bits per heavy atom. The molecule has 2 aromatic rings. The van der Waals surface area contributed by atoms with Gasteiger partial charge in [-0.05, 0) is 42.3 Å². The summed E-state index contributed by atoms with van der Waals surface area (Å²) >= 11 is 0. The van der Waals surface area contributed by atoms with Crippen molar-refractivity contribution in [1.82, 2.24) is 0 Å². The number of phenols is 1. The fraction of sp³-hybridized carbons (Fsp3) is 0.318. The number of ether oxygens (including phenoxy) is 1. The van der Waals surface area contributed by atoms with Gasteiger partial charge in [0.2, 0.25) is 5.78 Å². The van der Waals surface area contributed by atoms with Crippen molar-refractivity contribution in [3.8, 4) is 11.5 Å². The number of piperazine rings is 1. The van der Waals surface area contributed by atoms with Crippen molar-refractivity contribution in [1.29, 1.82) is 0 Å². The molecule has 0 aliphatic carbocycles. The Morgan fingerprint density at radius 2 is 1.86 bits per heavy atom. The maximum absolute atomic E-state index is 13.1. The van der Waals surface area contributed by atoms with Gasteiger partial charge in [0, 0.05) is 0 Å². The molecule has 146 valence electrons. The Balaban J connectivity index is 1.66. The number of allylic oxidation sites excluding steroid dienone is 1. The molecule has 0 aromatic heterocycles. The highest BCUT2D eigenvalue weighted by molar-refractivity contribution is 6.15. The van der Waals surface area contributed by atoms with Crippen LogP contribution >= 0.6 is 0 Å². The first-order chi connectivity index (χ1) is 13.4. The number of carbonyl (C=O) groups excluding carboxylic acids is 1. The van der Waals surface area contributed by atoms with E-state index in [0.29, 0.717) is 34.5 Å². The zero-order chi connectivity index (χ0) is 19.8. The number of benzene rings is 2. The van der Waals surface area contributed by atoms with Gasteiger partial charge in [0.05, 0.1) is 18.2 Å². The summed E-state index contributed by atoms with van der Waals surface area (Å²) in [7, 11) is 2.19. The number of carbonyl (C=O) groups is 1. The monoisotopic (exact) mass is 384 g/mol. The number of hydrogen-bond acceptors (Lipinski definition) is 3. The van der Waals surface area contributed by atoms with E-state index in [0.717, 1.165) is 26.2 Å². The average molecular weight is 384 g/mol. The fourth-order valence-corrected chi connectivity index (χ4v) is 3.92. The molecule has 1 saturated heterocycles. The van der Waals surface area contributed by atoms with Gasteiger partial charge in [-0.1, -0.05) is 12.1 Å². The zero-order valence-corrected chi connectivity index (χ0v) is 16.1. The van der Waals surface area contributed by atoms with Gasteiger partial charge in [0.1, 0.15) is 44.3 Å². The highest BCUT2D eigenvalue weighted by Gasteiger charge is 2.35. The van der Waals surface area contributed by atoms with E-state index in [1.165, 1.54) is 21.9 Å². The van der Waals surface area contributed by atoms with Crippen molar-refractivity contribution in [3.63, 3.8) is 0 Å². The molecule has 6 heteroatoms. The number of likely N-dealkylation sites (N-methyl/N-ethyl adjacent to an activating group) is 1. The largest absolute Gasteiger partial charge is 0.507 e. The number of nitrogens with one attached hydrogen (secondary N) is 2. The van der Waals surface area contributed by atoms with Crippen LogP contribution in [0.3, 0.4) is 0 Å². The minimum absolute atomic E-state index is 0.172. The summed E-state index contributed by atoms with van der Waals surface area (Å²) in [5.74, 6) is 0.315. The molecule has 0 spiro atoms. The molecule has 0 saturated carbocycles. The van der Waals surface area contributed by atoms with E-state index in [-0.39, 0.29) is 23.1 Å². The zero-order valence-electron chi connectivity index (χ0n) is 16.1. The van der Waals surface area contributed by atoms with Crippen LogP contribution in [-0.2, 0) is 6.54 Å². The lowest BCUT2D eigenvalue weighted by Crippen LogP contribution is -3.26. The molecule has 0 bridgehead atoms. The number of aromatic hydroxyl groups is 1. The third-order valence-electron chi connectivity index (χ3n) is 5.63. The number of quaternary nitrogens is 2. The van der Waals surface area contributed by atoms with Crippen LogP contribution in [0.4, 0.5) is 4.39 Å². The lowest BCUT2D eigenvalue weighted by atomic mass is 9.99. The summed E-state index contributed by atoms with van der Waals surface area (Å²) in [5, 5.41) is 10.6. The van der Waals surface area contributed by atoms with Crippen molar-refractivity contribution in [2.75, 3.05) is 33.2 Å². The molecular formula is C22H25FN2O3+2. The van der Waals surface area contributed by atoms with Crippen LogP contribution in [0.25, 0.3) is 6.08 Å². The van der Waals surface area contributed by atoms with Crippen molar-refractivity contribution >= 4 is 11.9 Å². The van der Waals surface area contributed by atoms with E-state index in [9.17, 15) is 14.3 Å². The second kappa shape index (κ2) is 7.37.